The minimum absolute atomic E-state index is 0.00241. The van der Waals surface area contributed by atoms with Crippen molar-refractivity contribution in [2.45, 2.75) is 13.0 Å². The van der Waals surface area contributed by atoms with Crippen molar-refractivity contribution in [3.8, 4) is 11.8 Å². The summed E-state index contributed by atoms with van der Waals surface area (Å²) in [7, 11) is -3.39. The number of nitrogens with one attached hydrogen (secondary N) is 1. The van der Waals surface area contributed by atoms with Crippen LogP contribution in [-0.2, 0) is 16.6 Å². The molecular weight excluding hydrogens is 266 g/mol. The zero-order chi connectivity index (χ0) is 14.1. The number of para-hydroxylation sites is 1. The maximum Gasteiger partial charge on any atom is 0.209 e. The summed E-state index contributed by atoms with van der Waals surface area (Å²) in [5.74, 6) is 0.620. The number of ether oxygens (including phenoxy) is 1. The van der Waals surface area contributed by atoms with Crippen LogP contribution >= 0.6 is 0 Å². The zero-order valence-corrected chi connectivity index (χ0v) is 11.3. The van der Waals surface area contributed by atoms with Crippen molar-refractivity contribution in [3.63, 3.8) is 0 Å². The highest BCUT2D eigenvalue weighted by atomic mass is 32.2. The molecule has 0 unspecified atom stereocenters. The molecule has 0 fully saturated rings. The van der Waals surface area contributed by atoms with Crippen LogP contribution in [0.3, 0.4) is 0 Å². The lowest BCUT2D eigenvalue weighted by atomic mass is 10.2. The second-order valence-corrected chi connectivity index (χ2v) is 5.69. The fourth-order valence-corrected chi connectivity index (χ4v) is 2.07. The number of nitrogens with two attached hydrogens (primary N) is 1. The van der Waals surface area contributed by atoms with Crippen molar-refractivity contribution in [1.29, 1.82) is 5.26 Å². The van der Waals surface area contributed by atoms with Crippen LogP contribution in [0.5, 0.6) is 5.75 Å². The Morgan fingerprint density at radius 2 is 2.11 bits per heavy atom. The average Bonchev–Trinajstić information content (AvgIpc) is 2.36. The van der Waals surface area contributed by atoms with Gasteiger partial charge in [0.2, 0.25) is 10.0 Å². The average molecular weight is 283 g/mol. The van der Waals surface area contributed by atoms with E-state index < -0.39 is 10.0 Å². The molecule has 0 saturated heterocycles. The van der Waals surface area contributed by atoms with Gasteiger partial charge in [0.05, 0.1) is 5.75 Å². The topological polar surface area (TPSA) is 105 Å². The summed E-state index contributed by atoms with van der Waals surface area (Å²) < 4.78 is 26.8. The first-order valence-corrected chi connectivity index (χ1v) is 7.53. The van der Waals surface area contributed by atoms with Crippen LogP contribution in [-0.4, -0.2) is 27.3 Å². The number of benzene rings is 1. The van der Waals surface area contributed by atoms with Crippen molar-refractivity contribution in [3.05, 3.63) is 29.8 Å². The molecule has 0 bridgehead atoms. The van der Waals surface area contributed by atoms with Gasteiger partial charge in [0.1, 0.15) is 11.8 Å². The normalized spacial score (nSPS) is 10.9. The van der Waals surface area contributed by atoms with Gasteiger partial charge in [0, 0.05) is 12.1 Å². The van der Waals surface area contributed by atoms with Crippen molar-refractivity contribution in [2.24, 2.45) is 5.14 Å². The Hall–Kier alpha value is -1.62. The maximum absolute atomic E-state index is 10.7. The smallest absolute Gasteiger partial charge is 0.209 e. The summed E-state index contributed by atoms with van der Waals surface area (Å²) in [4.78, 5) is 0. The van der Waals surface area contributed by atoms with Crippen LogP contribution in [0.25, 0.3) is 0 Å². The summed E-state index contributed by atoms with van der Waals surface area (Å²) >= 11 is 0. The highest BCUT2D eigenvalue weighted by molar-refractivity contribution is 7.89. The van der Waals surface area contributed by atoms with Crippen molar-refractivity contribution in [1.82, 2.24) is 5.32 Å². The summed E-state index contributed by atoms with van der Waals surface area (Å²) in [5.41, 5.74) is 0.924. The van der Waals surface area contributed by atoms with Crippen LogP contribution in [0.2, 0.25) is 0 Å². The lowest BCUT2D eigenvalue weighted by molar-refractivity contribution is 0.362. The molecule has 1 rings (SSSR count). The Kier molecular flexibility index (Phi) is 6.29. The quantitative estimate of drug-likeness (QED) is 0.670. The Balaban J connectivity index is 2.38. The molecule has 19 heavy (non-hydrogen) atoms. The second-order valence-electron chi connectivity index (χ2n) is 3.95. The van der Waals surface area contributed by atoms with E-state index in [0.29, 0.717) is 25.3 Å². The molecule has 0 saturated carbocycles. The van der Waals surface area contributed by atoms with Crippen LogP contribution in [0.15, 0.2) is 24.3 Å². The van der Waals surface area contributed by atoms with Crippen molar-refractivity contribution in [2.75, 3.05) is 18.9 Å². The predicted octanol–water partition coefficient (Wildman–Crippen LogP) is 0.357. The number of primary sulfonamides is 1. The van der Waals surface area contributed by atoms with E-state index in [9.17, 15) is 8.42 Å². The fourth-order valence-electron chi connectivity index (χ4n) is 1.52. The molecule has 0 aromatic heterocycles. The van der Waals surface area contributed by atoms with E-state index in [4.69, 9.17) is 15.1 Å². The van der Waals surface area contributed by atoms with Gasteiger partial charge in [0.25, 0.3) is 0 Å². The first kappa shape index (κ1) is 15.4. The van der Waals surface area contributed by atoms with Gasteiger partial charge in [-0.2, -0.15) is 5.26 Å². The first-order chi connectivity index (χ1) is 9.03. The van der Waals surface area contributed by atoms with E-state index in [1.165, 1.54) is 0 Å². The molecule has 0 atom stereocenters. The van der Waals surface area contributed by atoms with E-state index in [1.807, 2.05) is 24.3 Å². The molecule has 3 N–H and O–H groups in total. The van der Waals surface area contributed by atoms with E-state index >= 15 is 0 Å². The standard InChI is InChI=1S/C12H17N3O3S/c13-6-8-18-12-5-2-1-4-11(12)10-15-7-3-9-19(14,16)17/h1-2,4-5,15H,3,7-10H2,(H2,14,16,17). The van der Waals surface area contributed by atoms with Crippen LogP contribution < -0.4 is 15.2 Å². The molecule has 0 radical (unpaired) electrons. The molecule has 6 nitrogen and oxygen atoms in total. The minimum atomic E-state index is -3.39. The number of nitrogens with zero attached hydrogens (tertiary/aromatic N) is 1. The molecule has 0 aliphatic rings. The number of rotatable bonds is 8. The Morgan fingerprint density at radius 3 is 2.79 bits per heavy atom. The predicted molar refractivity (Wildman–Crippen MR) is 71.8 cm³/mol. The molecule has 0 spiro atoms. The molecular formula is C12H17N3O3S. The van der Waals surface area contributed by atoms with Gasteiger partial charge < -0.3 is 10.1 Å². The summed E-state index contributed by atoms with van der Waals surface area (Å²) in [6.45, 7) is 1.09. The Bertz CT molecular complexity index is 537. The monoisotopic (exact) mass is 283 g/mol. The van der Waals surface area contributed by atoms with Gasteiger partial charge in [-0.25, -0.2) is 13.6 Å². The molecule has 1 aromatic rings. The van der Waals surface area contributed by atoms with Gasteiger partial charge >= 0.3 is 0 Å². The molecule has 104 valence electrons. The van der Waals surface area contributed by atoms with Gasteiger partial charge in [-0.3, -0.25) is 0 Å². The third-order valence-electron chi connectivity index (χ3n) is 2.36. The summed E-state index contributed by atoms with van der Waals surface area (Å²) in [6.07, 6.45) is 0.458. The van der Waals surface area contributed by atoms with Gasteiger partial charge in [-0.15, -0.1) is 0 Å². The van der Waals surface area contributed by atoms with Crippen molar-refractivity contribution >= 4 is 10.0 Å². The van der Waals surface area contributed by atoms with Gasteiger partial charge in [0.15, 0.2) is 6.61 Å². The fraction of sp³-hybridized carbons (Fsp3) is 0.417. The van der Waals surface area contributed by atoms with Gasteiger partial charge in [-0.05, 0) is 19.0 Å². The second kappa shape index (κ2) is 7.74. The highest BCUT2D eigenvalue weighted by Gasteiger charge is 2.04. The zero-order valence-electron chi connectivity index (χ0n) is 10.5. The third kappa shape index (κ3) is 6.76. The van der Waals surface area contributed by atoms with E-state index in [2.05, 4.69) is 5.32 Å². The number of nitriles is 1. The molecule has 1 aromatic carbocycles. The number of hydrogen-bond acceptors (Lipinski definition) is 5. The van der Waals surface area contributed by atoms with E-state index in [-0.39, 0.29) is 12.4 Å². The molecule has 0 aliphatic heterocycles. The van der Waals surface area contributed by atoms with E-state index in [1.54, 1.807) is 6.07 Å². The van der Waals surface area contributed by atoms with E-state index in [0.717, 1.165) is 5.56 Å². The number of sulfonamides is 1. The first-order valence-electron chi connectivity index (χ1n) is 5.82. The van der Waals surface area contributed by atoms with Crippen LogP contribution in [0.1, 0.15) is 12.0 Å². The van der Waals surface area contributed by atoms with Gasteiger partial charge in [-0.1, -0.05) is 18.2 Å². The Labute approximate surface area is 113 Å². The highest BCUT2D eigenvalue weighted by Crippen LogP contribution is 2.17. The molecule has 0 heterocycles. The number of hydrogen-bond donors (Lipinski definition) is 2. The summed E-state index contributed by atoms with van der Waals surface area (Å²) in [5, 5.41) is 16.5. The Morgan fingerprint density at radius 1 is 1.37 bits per heavy atom. The minimum Gasteiger partial charge on any atom is -0.478 e. The molecule has 0 amide bonds. The molecule has 0 aliphatic carbocycles. The SMILES string of the molecule is N#CCOc1ccccc1CNCCCS(N)(=O)=O. The molecule has 7 heteroatoms. The third-order valence-corrected chi connectivity index (χ3v) is 3.22. The lowest BCUT2D eigenvalue weighted by Crippen LogP contribution is -2.22. The van der Waals surface area contributed by atoms with Crippen LogP contribution in [0.4, 0.5) is 0 Å². The lowest BCUT2D eigenvalue weighted by Gasteiger charge is -2.10. The maximum atomic E-state index is 10.7. The largest absolute Gasteiger partial charge is 0.478 e. The van der Waals surface area contributed by atoms with Crippen LogP contribution in [0, 0.1) is 11.3 Å². The van der Waals surface area contributed by atoms with Crippen molar-refractivity contribution < 1.29 is 13.2 Å². The summed E-state index contributed by atoms with van der Waals surface area (Å²) in [6, 6.07) is 9.30.